The van der Waals surface area contributed by atoms with Crippen LogP contribution in [0.2, 0.25) is 0 Å². The molecule has 2 N–H and O–H groups in total. The number of aromatic hydroxyl groups is 1. The van der Waals surface area contributed by atoms with Crippen molar-refractivity contribution in [3.63, 3.8) is 0 Å². The molecule has 0 aliphatic heterocycles. The molecule has 0 fully saturated rings. The highest BCUT2D eigenvalue weighted by atomic mass is 16.3. The van der Waals surface area contributed by atoms with E-state index >= 15 is 0 Å². The Bertz CT molecular complexity index is 852. The number of hydrogen-bond donors (Lipinski definition) is 2. The van der Waals surface area contributed by atoms with E-state index in [0.717, 1.165) is 0 Å². The predicted octanol–water partition coefficient (Wildman–Crippen LogP) is 2.20. The quantitative estimate of drug-likeness (QED) is 0.769. The van der Waals surface area contributed by atoms with Crippen LogP contribution >= 0.6 is 0 Å². The van der Waals surface area contributed by atoms with Gasteiger partial charge in [-0.2, -0.15) is 0 Å². The van der Waals surface area contributed by atoms with Crippen molar-refractivity contribution in [3.8, 4) is 17.3 Å². The number of nitrogens with zero attached hydrogens (tertiary/aromatic N) is 4. The lowest BCUT2D eigenvalue weighted by Crippen LogP contribution is -2.15. The lowest BCUT2D eigenvalue weighted by molar-refractivity contribution is 0.102. The second-order valence-electron chi connectivity index (χ2n) is 4.75. The van der Waals surface area contributed by atoms with Crippen LogP contribution in [-0.4, -0.2) is 30.9 Å². The molecule has 0 aliphatic rings. The van der Waals surface area contributed by atoms with Gasteiger partial charge < -0.3 is 10.4 Å². The number of aryl methyl sites for hydroxylation is 1. The zero-order valence-electron chi connectivity index (χ0n) is 12.3. The maximum Gasteiger partial charge on any atom is 0.275 e. The zero-order valence-corrected chi connectivity index (χ0v) is 12.3. The lowest BCUT2D eigenvalue weighted by Gasteiger charge is -2.07. The van der Waals surface area contributed by atoms with E-state index in [1.165, 1.54) is 18.3 Å². The van der Waals surface area contributed by atoms with Crippen LogP contribution < -0.4 is 5.32 Å². The monoisotopic (exact) mass is 307 g/mol. The van der Waals surface area contributed by atoms with Crippen molar-refractivity contribution in [2.45, 2.75) is 6.92 Å². The van der Waals surface area contributed by atoms with Crippen LogP contribution in [0.15, 0.2) is 48.8 Å². The highest BCUT2D eigenvalue weighted by Crippen LogP contribution is 2.21. The van der Waals surface area contributed by atoms with Gasteiger partial charge in [0.2, 0.25) is 0 Å². The molecule has 3 heterocycles. The van der Waals surface area contributed by atoms with Gasteiger partial charge in [0.15, 0.2) is 17.4 Å². The first-order valence-electron chi connectivity index (χ1n) is 6.86. The van der Waals surface area contributed by atoms with Crippen LogP contribution in [0.3, 0.4) is 0 Å². The number of carbonyl (C=O) groups is 1. The molecule has 3 rings (SSSR count). The van der Waals surface area contributed by atoms with E-state index in [4.69, 9.17) is 0 Å². The van der Waals surface area contributed by atoms with Crippen molar-refractivity contribution < 1.29 is 9.90 Å². The molecule has 0 aliphatic carbocycles. The summed E-state index contributed by atoms with van der Waals surface area (Å²) >= 11 is 0. The molecule has 0 spiro atoms. The Morgan fingerprint density at radius 1 is 1.04 bits per heavy atom. The van der Waals surface area contributed by atoms with Crippen LogP contribution in [-0.2, 0) is 0 Å². The molecule has 0 unspecified atom stereocenters. The standard InChI is InChI=1S/C16H13N5O2/c1-10-5-6-13(22)15(19-10)21-16(23)12-7-9-18-14(20-12)11-4-2-3-8-17-11/h2-9,22H,1H3,(H,19,21,23). The van der Waals surface area contributed by atoms with Gasteiger partial charge in [-0.25, -0.2) is 15.0 Å². The van der Waals surface area contributed by atoms with Gasteiger partial charge in [0.05, 0.1) is 0 Å². The molecule has 0 saturated carbocycles. The Hall–Kier alpha value is -3.35. The average molecular weight is 307 g/mol. The molecule has 0 radical (unpaired) electrons. The van der Waals surface area contributed by atoms with Crippen LogP contribution in [0.5, 0.6) is 5.75 Å². The summed E-state index contributed by atoms with van der Waals surface area (Å²) in [5, 5.41) is 12.3. The van der Waals surface area contributed by atoms with Crippen molar-refractivity contribution in [3.05, 3.63) is 60.2 Å². The molecule has 3 aromatic heterocycles. The van der Waals surface area contributed by atoms with Crippen LogP contribution in [0.25, 0.3) is 11.5 Å². The smallest absolute Gasteiger partial charge is 0.275 e. The maximum atomic E-state index is 12.3. The summed E-state index contributed by atoms with van der Waals surface area (Å²) in [4.78, 5) is 28.8. The first-order valence-corrected chi connectivity index (χ1v) is 6.86. The average Bonchev–Trinajstić information content (AvgIpc) is 2.59. The van der Waals surface area contributed by atoms with Crippen molar-refractivity contribution in [2.24, 2.45) is 0 Å². The first-order chi connectivity index (χ1) is 11.1. The van der Waals surface area contributed by atoms with Crippen molar-refractivity contribution in [2.75, 3.05) is 5.32 Å². The molecule has 7 nitrogen and oxygen atoms in total. The fraction of sp³-hybridized carbons (Fsp3) is 0.0625. The van der Waals surface area contributed by atoms with Crippen LogP contribution in [0, 0.1) is 6.92 Å². The van der Waals surface area contributed by atoms with Crippen molar-refractivity contribution >= 4 is 11.7 Å². The van der Waals surface area contributed by atoms with E-state index in [0.29, 0.717) is 17.2 Å². The summed E-state index contributed by atoms with van der Waals surface area (Å²) < 4.78 is 0. The van der Waals surface area contributed by atoms with Gasteiger partial charge in [0.1, 0.15) is 11.4 Å². The fourth-order valence-electron chi connectivity index (χ4n) is 1.92. The molecule has 0 aromatic carbocycles. The van der Waals surface area contributed by atoms with Gasteiger partial charge >= 0.3 is 0 Å². The molecule has 1 amide bonds. The molecule has 114 valence electrons. The first kappa shape index (κ1) is 14.6. The number of pyridine rings is 2. The van der Waals surface area contributed by atoms with Crippen molar-refractivity contribution in [1.29, 1.82) is 0 Å². The minimum Gasteiger partial charge on any atom is -0.504 e. The van der Waals surface area contributed by atoms with E-state index in [1.54, 1.807) is 31.3 Å². The highest BCUT2D eigenvalue weighted by molar-refractivity contribution is 6.03. The number of aromatic nitrogens is 4. The summed E-state index contributed by atoms with van der Waals surface area (Å²) in [5.41, 5.74) is 1.40. The number of amides is 1. The van der Waals surface area contributed by atoms with Gasteiger partial charge in [0.25, 0.3) is 5.91 Å². The maximum absolute atomic E-state index is 12.3. The van der Waals surface area contributed by atoms with E-state index in [2.05, 4.69) is 25.3 Å². The molecular weight excluding hydrogens is 294 g/mol. The van der Waals surface area contributed by atoms with Gasteiger partial charge in [-0.05, 0) is 37.3 Å². The summed E-state index contributed by atoms with van der Waals surface area (Å²) in [7, 11) is 0. The molecule has 0 atom stereocenters. The molecule has 23 heavy (non-hydrogen) atoms. The topological polar surface area (TPSA) is 101 Å². The second kappa shape index (κ2) is 6.18. The number of anilines is 1. The molecule has 7 heteroatoms. The van der Waals surface area contributed by atoms with Crippen molar-refractivity contribution in [1.82, 2.24) is 19.9 Å². The van der Waals surface area contributed by atoms with Gasteiger partial charge in [-0.15, -0.1) is 0 Å². The Labute approximate surface area is 132 Å². The Balaban J connectivity index is 1.87. The summed E-state index contributed by atoms with van der Waals surface area (Å²) in [6.07, 6.45) is 3.11. The van der Waals surface area contributed by atoms with E-state index in [-0.39, 0.29) is 17.3 Å². The number of nitrogens with one attached hydrogen (secondary N) is 1. The number of hydrogen-bond acceptors (Lipinski definition) is 6. The zero-order chi connectivity index (χ0) is 16.2. The lowest BCUT2D eigenvalue weighted by atomic mass is 10.3. The molecular formula is C16H13N5O2. The fourth-order valence-corrected chi connectivity index (χ4v) is 1.92. The number of carbonyl (C=O) groups excluding carboxylic acids is 1. The van der Waals surface area contributed by atoms with E-state index in [1.807, 2.05) is 6.07 Å². The van der Waals surface area contributed by atoms with Crippen LogP contribution in [0.1, 0.15) is 16.2 Å². The second-order valence-corrected chi connectivity index (χ2v) is 4.75. The minimum absolute atomic E-state index is 0.0907. The van der Waals surface area contributed by atoms with E-state index < -0.39 is 5.91 Å². The molecule has 3 aromatic rings. The highest BCUT2D eigenvalue weighted by Gasteiger charge is 2.13. The number of rotatable bonds is 3. The van der Waals surface area contributed by atoms with E-state index in [9.17, 15) is 9.90 Å². The normalized spacial score (nSPS) is 10.3. The minimum atomic E-state index is -0.488. The third-order valence-corrected chi connectivity index (χ3v) is 3.03. The summed E-state index contributed by atoms with van der Waals surface area (Å²) in [6, 6.07) is 9.95. The predicted molar refractivity (Wildman–Crippen MR) is 83.9 cm³/mol. The Kier molecular flexibility index (Phi) is 3.92. The van der Waals surface area contributed by atoms with Gasteiger partial charge in [0, 0.05) is 18.1 Å². The third kappa shape index (κ3) is 3.29. The molecule has 0 bridgehead atoms. The molecule has 0 saturated heterocycles. The summed E-state index contributed by atoms with van der Waals surface area (Å²) in [5.74, 6) is -0.159. The largest absolute Gasteiger partial charge is 0.504 e. The SMILES string of the molecule is Cc1ccc(O)c(NC(=O)c2ccnc(-c3ccccn3)n2)n1. The van der Waals surface area contributed by atoms with Gasteiger partial charge in [-0.1, -0.05) is 6.07 Å². The third-order valence-electron chi connectivity index (χ3n) is 3.03. The Morgan fingerprint density at radius 3 is 2.70 bits per heavy atom. The Morgan fingerprint density at radius 2 is 1.91 bits per heavy atom. The summed E-state index contributed by atoms with van der Waals surface area (Å²) in [6.45, 7) is 1.76. The van der Waals surface area contributed by atoms with Gasteiger partial charge in [-0.3, -0.25) is 9.78 Å². The van der Waals surface area contributed by atoms with Crippen LogP contribution in [0.4, 0.5) is 5.82 Å².